The van der Waals surface area contributed by atoms with Crippen LogP contribution in [0.25, 0.3) is 0 Å². The van der Waals surface area contributed by atoms with Crippen molar-refractivity contribution in [2.75, 3.05) is 24.4 Å². The smallest absolute Gasteiger partial charge is 0.344 e. The average molecular weight is 410 g/mol. The Morgan fingerprint density at radius 3 is 2.89 bits per heavy atom. The molecule has 4 N–H and O–H groups in total. The molecule has 28 heavy (non-hydrogen) atoms. The molecule has 0 spiro atoms. The number of urea groups is 1. The zero-order chi connectivity index (χ0) is 20.5. The van der Waals surface area contributed by atoms with Gasteiger partial charge in [0.2, 0.25) is 0 Å². The molecule has 1 unspecified atom stereocenters. The maximum atomic E-state index is 12.4. The first kappa shape index (κ1) is 20.2. The van der Waals surface area contributed by atoms with Crippen molar-refractivity contribution in [1.82, 2.24) is 10.2 Å². The van der Waals surface area contributed by atoms with Crippen LogP contribution in [0.15, 0.2) is 22.6 Å². The van der Waals surface area contributed by atoms with E-state index in [4.69, 9.17) is 10.5 Å². The van der Waals surface area contributed by atoms with E-state index in [-0.39, 0.29) is 23.3 Å². The van der Waals surface area contributed by atoms with E-state index in [9.17, 15) is 13.2 Å². The molecule has 2 aliphatic rings. The first-order chi connectivity index (χ1) is 13.0. The van der Waals surface area contributed by atoms with Crippen LogP contribution in [0, 0.1) is 5.92 Å². The van der Waals surface area contributed by atoms with Gasteiger partial charge in [0.15, 0.2) is 5.84 Å². The number of hydrogen-bond donors (Lipinski definition) is 3. The summed E-state index contributed by atoms with van der Waals surface area (Å²) < 4.78 is 35.2. The molecule has 1 fully saturated rings. The molecule has 1 atom stereocenters. The Labute approximate surface area is 165 Å². The minimum atomic E-state index is -3.82. The monoisotopic (exact) mass is 409 g/mol. The van der Waals surface area contributed by atoms with E-state index in [2.05, 4.69) is 14.4 Å². The van der Waals surface area contributed by atoms with Gasteiger partial charge in [-0.1, -0.05) is 6.07 Å². The summed E-state index contributed by atoms with van der Waals surface area (Å²) in [4.78, 5) is 14.2. The second-order valence-corrected chi connectivity index (χ2v) is 9.51. The molecular formula is C18H27N5O4S. The van der Waals surface area contributed by atoms with E-state index in [1.807, 2.05) is 25.7 Å². The molecule has 1 aromatic rings. The number of benzene rings is 1. The Kier molecular flexibility index (Phi) is 5.42. The molecule has 0 radical (unpaired) electrons. The van der Waals surface area contributed by atoms with Gasteiger partial charge < -0.3 is 20.7 Å². The Morgan fingerprint density at radius 1 is 1.43 bits per heavy atom. The molecule has 3 rings (SSSR count). The van der Waals surface area contributed by atoms with Crippen LogP contribution in [0.3, 0.4) is 0 Å². The fourth-order valence-electron chi connectivity index (χ4n) is 3.33. The van der Waals surface area contributed by atoms with Crippen molar-refractivity contribution in [3.63, 3.8) is 0 Å². The molecule has 0 aliphatic carbocycles. The number of nitrogens with two attached hydrogens (primary N) is 1. The summed E-state index contributed by atoms with van der Waals surface area (Å²) in [7, 11) is -3.82. The highest BCUT2D eigenvalue weighted by molar-refractivity contribution is 7.91. The molecule has 0 saturated carbocycles. The third-order valence-electron chi connectivity index (χ3n) is 4.50. The molecule has 2 aliphatic heterocycles. The molecule has 154 valence electrons. The van der Waals surface area contributed by atoms with E-state index < -0.39 is 10.2 Å². The number of amidine groups is 1. The maximum Gasteiger partial charge on any atom is 0.344 e. The zero-order valence-electron chi connectivity index (χ0n) is 16.4. The lowest BCUT2D eigenvalue weighted by molar-refractivity contribution is 0.133. The molecule has 1 saturated heterocycles. The molecular weight excluding hydrogens is 382 g/mol. The zero-order valence-corrected chi connectivity index (χ0v) is 17.2. The summed E-state index contributed by atoms with van der Waals surface area (Å²) in [5.74, 6) is 0.547. The number of likely N-dealkylation sites (tertiary alicyclic amines) is 1. The van der Waals surface area contributed by atoms with Crippen LogP contribution in [0.1, 0.15) is 39.2 Å². The lowest BCUT2D eigenvalue weighted by atomic mass is 9.99. The number of carbonyl (C=O) groups is 1. The van der Waals surface area contributed by atoms with Crippen molar-refractivity contribution in [3.8, 4) is 5.75 Å². The Hall–Kier alpha value is -2.49. The summed E-state index contributed by atoms with van der Waals surface area (Å²) in [6, 6.07) is 4.97. The Morgan fingerprint density at radius 2 is 2.18 bits per heavy atom. The van der Waals surface area contributed by atoms with Gasteiger partial charge in [-0.05, 0) is 45.7 Å². The first-order valence-electron chi connectivity index (χ1n) is 9.25. The van der Waals surface area contributed by atoms with Crippen molar-refractivity contribution in [3.05, 3.63) is 23.8 Å². The molecule has 0 aromatic heterocycles. The number of nitrogens with one attached hydrogen (secondary N) is 2. The van der Waals surface area contributed by atoms with Gasteiger partial charge >= 0.3 is 16.2 Å². The van der Waals surface area contributed by atoms with Gasteiger partial charge in [-0.3, -0.25) is 4.72 Å². The van der Waals surface area contributed by atoms with E-state index in [0.29, 0.717) is 30.2 Å². The summed E-state index contributed by atoms with van der Waals surface area (Å²) in [5, 5.41) is 2.99. The topological polar surface area (TPSA) is 126 Å². The van der Waals surface area contributed by atoms with Gasteiger partial charge in [0.1, 0.15) is 5.75 Å². The number of hydrogen-bond acceptors (Lipinski definition) is 5. The Balaban J connectivity index is 1.66. The quantitative estimate of drug-likeness (QED) is 0.700. The summed E-state index contributed by atoms with van der Waals surface area (Å²) in [6.45, 7) is 7.58. The lowest BCUT2D eigenvalue weighted by Gasteiger charge is -2.35. The number of ether oxygens (including phenoxy) is 1. The number of nitrogens with zero attached hydrogens (tertiary/aromatic N) is 2. The van der Waals surface area contributed by atoms with Crippen LogP contribution < -0.4 is 20.5 Å². The fraction of sp³-hybridized carbons (Fsp3) is 0.556. The molecule has 0 bridgehead atoms. The minimum absolute atomic E-state index is 0.0694. The van der Waals surface area contributed by atoms with Crippen LogP contribution in [-0.2, 0) is 10.2 Å². The Bertz CT molecular complexity index is 892. The number of amides is 2. The second kappa shape index (κ2) is 7.50. The van der Waals surface area contributed by atoms with E-state index in [1.54, 1.807) is 18.2 Å². The highest BCUT2D eigenvalue weighted by Gasteiger charge is 2.28. The van der Waals surface area contributed by atoms with Crippen LogP contribution in [-0.4, -0.2) is 50.4 Å². The van der Waals surface area contributed by atoms with Gasteiger partial charge in [-0.2, -0.15) is 8.42 Å². The average Bonchev–Trinajstić information content (AvgIpc) is 2.57. The predicted molar refractivity (Wildman–Crippen MR) is 108 cm³/mol. The minimum Gasteiger partial charge on any atom is -0.492 e. The predicted octanol–water partition coefficient (Wildman–Crippen LogP) is 1.66. The van der Waals surface area contributed by atoms with E-state index >= 15 is 0 Å². The third-order valence-corrected chi connectivity index (χ3v) is 5.42. The number of carbonyl (C=O) groups excluding carboxylic acids is 1. The summed E-state index contributed by atoms with van der Waals surface area (Å²) in [6.07, 6.45) is 1.85. The van der Waals surface area contributed by atoms with Gasteiger partial charge in [-0.15, -0.1) is 4.40 Å². The van der Waals surface area contributed by atoms with Crippen molar-refractivity contribution in [2.45, 2.75) is 39.2 Å². The standard InChI is InChI=1S/C18H27N5O4S/c1-18(2,3)20-17(24)23-9-5-6-12(10-23)11-27-14-8-4-7-13-15(14)16(19)22-28(25,26)21-13/h4,7-8,12,21H,5-6,9-11H2,1-3H3,(H2,19,22)(H,20,24). The van der Waals surface area contributed by atoms with Gasteiger partial charge in [0.05, 0.1) is 17.9 Å². The van der Waals surface area contributed by atoms with E-state index in [1.165, 1.54) is 0 Å². The van der Waals surface area contributed by atoms with Crippen LogP contribution >= 0.6 is 0 Å². The number of fused-ring (bicyclic) bond motifs is 1. The highest BCUT2D eigenvalue weighted by atomic mass is 32.2. The molecule has 2 amide bonds. The van der Waals surface area contributed by atoms with Crippen LogP contribution in [0.2, 0.25) is 0 Å². The highest BCUT2D eigenvalue weighted by Crippen LogP contribution is 2.31. The van der Waals surface area contributed by atoms with Crippen LogP contribution in [0.4, 0.5) is 10.5 Å². The molecule has 10 heteroatoms. The maximum absolute atomic E-state index is 12.4. The lowest BCUT2D eigenvalue weighted by Crippen LogP contribution is -2.51. The fourth-order valence-corrected chi connectivity index (χ4v) is 4.17. The number of anilines is 1. The third kappa shape index (κ3) is 4.86. The first-order valence-corrected chi connectivity index (χ1v) is 10.7. The van der Waals surface area contributed by atoms with E-state index in [0.717, 1.165) is 19.4 Å². The summed E-state index contributed by atoms with van der Waals surface area (Å²) in [5.41, 5.74) is 6.35. The van der Waals surface area contributed by atoms with Gasteiger partial charge in [0.25, 0.3) is 0 Å². The van der Waals surface area contributed by atoms with Gasteiger partial charge in [-0.25, -0.2) is 4.79 Å². The van der Waals surface area contributed by atoms with Crippen molar-refractivity contribution in [1.29, 1.82) is 0 Å². The van der Waals surface area contributed by atoms with Crippen molar-refractivity contribution in [2.24, 2.45) is 16.0 Å². The molecule has 2 heterocycles. The second-order valence-electron chi connectivity index (χ2n) is 8.18. The number of rotatable bonds is 3. The van der Waals surface area contributed by atoms with Crippen LogP contribution in [0.5, 0.6) is 5.75 Å². The van der Waals surface area contributed by atoms with Crippen molar-refractivity contribution >= 4 is 27.8 Å². The normalized spacial score (nSPS) is 21.2. The van der Waals surface area contributed by atoms with Gasteiger partial charge in [0, 0.05) is 24.5 Å². The van der Waals surface area contributed by atoms with Crippen molar-refractivity contribution < 1.29 is 17.9 Å². The number of piperidine rings is 1. The SMILES string of the molecule is CC(C)(C)NC(=O)N1CCCC(COc2cccc3c2C(N)=NS(=O)(=O)N3)C1. The molecule has 1 aromatic carbocycles. The summed E-state index contributed by atoms with van der Waals surface area (Å²) >= 11 is 0. The molecule has 9 nitrogen and oxygen atoms in total. The largest absolute Gasteiger partial charge is 0.492 e.